The molecule has 2 aromatic carbocycles. The number of rotatable bonds is 8. The largest absolute Gasteiger partial charge is 0.487 e. The molecule has 174 valence electrons. The van der Waals surface area contributed by atoms with E-state index in [1.807, 2.05) is 72.2 Å². The third-order valence-electron chi connectivity index (χ3n) is 5.44. The lowest BCUT2D eigenvalue weighted by Gasteiger charge is -2.10. The van der Waals surface area contributed by atoms with Gasteiger partial charge in [0.2, 0.25) is 0 Å². The summed E-state index contributed by atoms with van der Waals surface area (Å²) in [7, 11) is 0. The number of carbonyl (C=O) groups is 1. The van der Waals surface area contributed by atoms with Gasteiger partial charge in [-0.25, -0.2) is 4.98 Å². The number of carbonyl (C=O) groups excluding carboxylic acids is 1. The van der Waals surface area contributed by atoms with Gasteiger partial charge in [-0.15, -0.1) is 0 Å². The van der Waals surface area contributed by atoms with Crippen LogP contribution < -0.4 is 14.8 Å². The van der Waals surface area contributed by atoms with Gasteiger partial charge in [-0.1, -0.05) is 18.2 Å². The number of nitrogens with zero attached hydrogens (tertiary/aromatic N) is 3. The van der Waals surface area contributed by atoms with Gasteiger partial charge in [0.15, 0.2) is 0 Å². The first-order valence-corrected chi connectivity index (χ1v) is 11.2. The van der Waals surface area contributed by atoms with Crippen molar-refractivity contribution in [2.45, 2.75) is 20.1 Å². The molecule has 7 nitrogen and oxygen atoms in total. The standard InChI is InChI=1S/C28H24N4O3/c1-20-6-5-15-32-17-24(30-27(20)32)19-34-25-12-10-21(11-13-25)28(33)31-22-8-4-9-26(16-22)35-18-23-7-2-3-14-29-23/h2-17H,18-19H2,1H3,(H,31,33). The van der Waals surface area contributed by atoms with Crippen molar-refractivity contribution in [2.24, 2.45) is 0 Å². The molecule has 0 atom stereocenters. The van der Waals surface area contributed by atoms with Gasteiger partial charge in [-0.05, 0) is 67.1 Å². The Morgan fingerprint density at radius 2 is 1.71 bits per heavy atom. The second-order valence-corrected chi connectivity index (χ2v) is 8.06. The highest BCUT2D eigenvalue weighted by molar-refractivity contribution is 6.04. The van der Waals surface area contributed by atoms with Crippen LogP contribution in [-0.2, 0) is 13.2 Å². The number of fused-ring (bicyclic) bond motifs is 1. The number of anilines is 1. The predicted octanol–water partition coefficient (Wildman–Crippen LogP) is 5.45. The Kier molecular flexibility index (Phi) is 6.39. The third-order valence-corrected chi connectivity index (χ3v) is 5.44. The number of aromatic nitrogens is 3. The van der Waals surface area contributed by atoms with Gasteiger partial charge in [0.25, 0.3) is 5.91 Å². The zero-order valence-electron chi connectivity index (χ0n) is 19.2. The van der Waals surface area contributed by atoms with Crippen LogP contribution in [0.25, 0.3) is 5.65 Å². The molecule has 0 aliphatic heterocycles. The zero-order valence-corrected chi connectivity index (χ0v) is 19.2. The Morgan fingerprint density at radius 3 is 2.51 bits per heavy atom. The van der Waals surface area contributed by atoms with Gasteiger partial charge in [-0.2, -0.15) is 0 Å². The summed E-state index contributed by atoms with van der Waals surface area (Å²) in [6, 6.07) is 24.0. The monoisotopic (exact) mass is 464 g/mol. The van der Waals surface area contributed by atoms with Crippen molar-refractivity contribution in [3.05, 3.63) is 120 Å². The number of aryl methyl sites for hydroxylation is 1. The molecule has 5 rings (SSSR count). The van der Waals surface area contributed by atoms with Crippen molar-refractivity contribution in [3.63, 3.8) is 0 Å². The lowest BCUT2D eigenvalue weighted by molar-refractivity contribution is 0.102. The molecule has 0 aliphatic rings. The van der Waals surface area contributed by atoms with Crippen LogP contribution in [-0.4, -0.2) is 20.3 Å². The molecule has 0 aliphatic carbocycles. The molecule has 1 N–H and O–H groups in total. The van der Waals surface area contributed by atoms with Crippen molar-refractivity contribution in [1.29, 1.82) is 0 Å². The van der Waals surface area contributed by atoms with E-state index in [1.165, 1.54) is 0 Å². The van der Waals surface area contributed by atoms with Gasteiger partial charge in [0.1, 0.15) is 30.4 Å². The molecule has 7 heteroatoms. The van der Waals surface area contributed by atoms with Crippen molar-refractivity contribution < 1.29 is 14.3 Å². The molecule has 0 unspecified atom stereocenters. The number of amides is 1. The minimum absolute atomic E-state index is 0.214. The maximum Gasteiger partial charge on any atom is 0.255 e. The smallest absolute Gasteiger partial charge is 0.255 e. The first-order valence-electron chi connectivity index (χ1n) is 11.2. The minimum atomic E-state index is -0.214. The Morgan fingerprint density at radius 1 is 0.886 bits per heavy atom. The summed E-state index contributed by atoms with van der Waals surface area (Å²) < 4.78 is 13.6. The molecule has 0 saturated carbocycles. The average molecular weight is 465 g/mol. The predicted molar refractivity (Wildman–Crippen MR) is 134 cm³/mol. The lowest BCUT2D eigenvalue weighted by Crippen LogP contribution is -2.11. The number of pyridine rings is 2. The van der Waals surface area contributed by atoms with Gasteiger partial charge in [-0.3, -0.25) is 9.78 Å². The Balaban J connectivity index is 1.17. The molecular weight excluding hydrogens is 440 g/mol. The number of hydrogen-bond acceptors (Lipinski definition) is 5. The number of hydrogen-bond donors (Lipinski definition) is 1. The second kappa shape index (κ2) is 10.1. The van der Waals surface area contributed by atoms with E-state index >= 15 is 0 Å². The zero-order chi connectivity index (χ0) is 24.0. The van der Waals surface area contributed by atoms with Crippen molar-refractivity contribution in [3.8, 4) is 11.5 Å². The van der Waals surface area contributed by atoms with Crippen LogP contribution in [0.5, 0.6) is 11.5 Å². The molecule has 0 spiro atoms. The summed E-state index contributed by atoms with van der Waals surface area (Å²) in [6.07, 6.45) is 5.65. The molecular formula is C28H24N4O3. The van der Waals surface area contributed by atoms with Crippen LogP contribution in [0, 0.1) is 6.92 Å². The lowest BCUT2D eigenvalue weighted by atomic mass is 10.2. The molecule has 3 heterocycles. The van der Waals surface area contributed by atoms with Gasteiger partial charge < -0.3 is 19.2 Å². The molecule has 0 radical (unpaired) electrons. The number of ether oxygens (including phenoxy) is 2. The van der Waals surface area contributed by atoms with Crippen LogP contribution in [0.4, 0.5) is 5.69 Å². The van der Waals surface area contributed by atoms with E-state index in [-0.39, 0.29) is 5.91 Å². The minimum Gasteiger partial charge on any atom is -0.487 e. The Bertz CT molecular complexity index is 1450. The SMILES string of the molecule is Cc1cccn2cc(COc3ccc(C(=O)Nc4cccc(OCc5ccccn5)c4)cc3)nc12. The van der Waals surface area contributed by atoms with E-state index in [0.29, 0.717) is 36.0 Å². The molecule has 0 saturated heterocycles. The maximum absolute atomic E-state index is 12.7. The third kappa shape index (κ3) is 5.47. The molecule has 0 fully saturated rings. The van der Waals surface area contributed by atoms with Gasteiger partial charge in [0, 0.05) is 35.9 Å². The maximum atomic E-state index is 12.7. The van der Waals surface area contributed by atoms with Crippen molar-refractivity contribution in [1.82, 2.24) is 14.4 Å². The summed E-state index contributed by atoms with van der Waals surface area (Å²) in [6.45, 7) is 2.73. The van der Waals surface area contributed by atoms with Gasteiger partial charge >= 0.3 is 0 Å². The summed E-state index contributed by atoms with van der Waals surface area (Å²) >= 11 is 0. The van der Waals surface area contributed by atoms with Crippen LogP contribution in [0.15, 0.2) is 97.5 Å². The van der Waals surface area contributed by atoms with E-state index in [2.05, 4.69) is 15.3 Å². The van der Waals surface area contributed by atoms with E-state index in [4.69, 9.17) is 9.47 Å². The van der Waals surface area contributed by atoms with E-state index < -0.39 is 0 Å². The van der Waals surface area contributed by atoms with Crippen LogP contribution in [0.1, 0.15) is 27.3 Å². The van der Waals surface area contributed by atoms with Crippen molar-refractivity contribution >= 4 is 17.2 Å². The number of benzene rings is 2. The molecule has 0 bridgehead atoms. The summed E-state index contributed by atoms with van der Waals surface area (Å²) in [5.41, 5.74) is 4.88. The van der Waals surface area contributed by atoms with Crippen LogP contribution in [0.2, 0.25) is 0 Å². The first kappa shape index (κ1) is 22.2. The number of imidazole rings is 1. The summed E-state index contributed by atoms with van der Waals surface area (Å²) in [5.74, 6) is 1.11. The second-order valence-electron chi connectivity index (χ2n) is 8.06. The van der Waals surface area contributed by atoms with Crippen molar-refractivity contribution in [2.75, 3.05) is 5.32 Å². The van der Waals surface area contributed by atoms with E-state index in [9.17, 15) is 4.79 Å². The molecule has 35 heavy (non-hydrogen) atoms. The van der Waals surface area contributed by atoms with Crippen LogP contribution in [0.3, 0.4) is 0 Å². The average Bonchev–Trinajstić information content (AvgIpc) is 3.32. The molecule has 5 aromatic rings. The Hall–Kier alpha value is -4.65. The number of nitrogens with one attached hydrogen (secondary N) is 1. The fourth-order valence-electron chi connectivity index (χ4n) is 3.64. The van der Waals surface area contributed by atoms with Crippen LogP contribution >= 0.6 is 0 Å². The molecule has 3 aromatic heterocycles. The van der Waals surface area contributed by atoms with Gasteiger partial charge in [0.05, 0.1) is 11.4 Å². The fraction of sp³-hybridized carbons (Fsp3) is 0.107. The topological polar surface area (TPSA) is 77.8 Å². The summed E-state index contributed by atoms with van der Waals surface area (Å²) in [5, 5.41) is 2.91. The highest BCUT2D eigenvalue weighted by Crippen LogP contribution is 2.20. The normalized spacial score (nSPS) is 10.8. The highest BCUT2D eigenvalue weighted by Gasteiger charge is 2.09. The van der Waals surface area contributed by atoms with E-state index in [0.717, 1.165) is 22.6 Å². The highest BCUT2D eigenvalue weighted by atomic mass is 16.5. The summed E-state index contributed by atoms with van der Waals surface area (Å²) in [4.78, 5) is 21.6. The Labute approximate surface area is 203 Å². The first-order chi connectivity index (χ1) is 17.1. The quantitative estimate of drug-likeness (QED) is 0.331. The fourth-order valence-corrected chi connectivity index (χ4v) is 3.64. The molecule has 1 amide bonds. The van der Waals surface area contributed by atoms with E-state index in [1.54, 1.807) is 36.5 Å².